The number of rotatable bonds is 3. The number of hydrogen-bond acceptors (Lipinski definition) is 3. The van der Waals surface area contributed by atoms with E-state index in [0.29, 0.717) is 5.01 Å². The smallest absolute Gasteiger partial charge is 0.198 e. The van der Waals surface area contributed by atoms with Crippen molar-refractivity contribution in [3.63, 3.8) is 0 Å². The van der Waals surface area contributed by atoms with Crippen molar-refractivity contribution in [1.29, 1.82) is 0 Å². The van der Waals surface area contributed by atoms with Gasteiger partial charge in [-0.2, -0.15) is 4.37 Å². The van der Waals surface area contributed by atoms with Crippen LogP contribution in [0.15, 0.2) is 0 Å². The molecular formula is C14H14F4N2S. The molecule has 0 unspecified atom stereocenters. The molecule has 2 rings (SSSR count). The Bertz CT molecular complexity index is 680. The van der Waals surface area contributed by atoms with E-state index in [1.165, 1.54) is 0 Å². The maximum absolute atomic E-state index is 14.1. The van der Waals surface area contributed by atoms with Gasteiger partial charge in [-0.3, -0.25) is 0 Å². The van der Waals surface area contributed by atoms with Crippen LogP contribution in [0.3, 0.4) is 0 Å². The normalized spacial score (nSPS) is 11.7. The van der Waals surface area contributed by atoms with E-state index in [0.717, 1.165) is 11.5 Å². The van der Waals surface area contributed by atoms with Gasteiger partial charge in [-0.25, -0.2) is 22.5 Å². The van der Waals surface area contributed by atoms with Crippen molar-refractivity contribution in [1.82, 2.24) is 9.36 Å². The van der Waals surface area contributed by atoms with Crippen LogP contribution in [-0.2, 0) is 0 Å². The van der Waals surface area contributed by atoms with Crippen LogP contribution < -0.4 is 0 Å². The van der Waals surface area contributed by atoms with Crippen molar-refractivity contribution in [3.8, 4) is 11.4 Å². The zero-order valence-corrected chi connectivity index (χ0v) is 12.8. The summed E-state index contributed by atoms with van der Waals surface area (Å²) < 4.78 is 58.9. The number of hydrogen-bond donors (Lipinski definition) is 0. The summed E-state index contributed by atoms with van der Waals surface area (Å²) in [4.78, 5) is 4.11. The van der Waals surface area contributed by atoms with Gasteiger partial charge in [0, 0.05) is 11.5 Å². The van der Waals surface area contributed by atoms with Crippen molar-refractivity contribution in [2.75, 3.05) is 0 Å². The molecule has 7 heteroatoms. The average molecular weight is 318 g/mol. The Kier molecular flexibility index (Phi) is 4.32. The second-order valence-electron chi connectivity index (χ2n) is 5.31. The molecule has 1 heterocycles. The number of nitrogens with zero attached hydrogens (tertiary/aromatic N) is 2. The van der Waals surface area contributed by atoms with Gasteiger partial charge in [0.1, 0.15) is 5.01 Å². The third-order valence-corrected chi connectivity index (χ3v) is 4.05. The quantitative estimate of drug-likeness (QED) is 0.452. The van der Waals surface area contributed by atoms with Crippen molar-refractivity contribution in [3.05, 3.63) is 33.8 Å². The first-order valence-electron chi connectivity index (χ1n) is 6.45. The Morgan fingerprint density at radius 1 is 0.810 bits per heavy atom. The number of aromatic nitrogens is 2. The minimum absolute atomic E-state index is 0.0527. The Morgan fingerprint density at radius 3 is 1.86 bits per heavy atom. The molecule has 2 aromatic rings. The Hall–Kier alpha value is -1.50. The van der Waals surface area contributed by atoms with Gasteiger partial charge < -0.3 is 0 Å². The first-order valence-corrected chi connectivity index (χ1v) is 7.22. The third kappa shape index (κ3) is 2.66. The Morgan fingerprint density at radius 2 is 1.38 bits per heavy atom. The lowest BCUT2D eigenvalue weighted by Gasteiger charge is -2.14. The monoisotopic (exact) mass is 318 g/mol. The van der Waals surface area contributed by atoms with E-state index in [1.54, 1.807) is 13.8 Å². The van der Waals surface area contributed by atoms with Crippen LogP contribution >= 0.6 is 11.5 Å². The summed E-state index contributed by atoms with van der Waals surface area (Å²) >= 11 is 1.03. The molecule has 2 nitrogen and oxygen atoms in total. The van der Waals surface area contributed by atoms with Crippen LogP contribution in [0.2, 0.25) is 0 Å². The summed E-state index contributed by atoms with van der Waals surface area (Å²) in [6.45, 7) is 6.87. The molecule has 0 radical (unpaired) electrons. The lowest BCUT2D eigenvalue weighted by Crippen LogP contribution is -2.08. The van der Waals surface area contributed by atoms with Crippen molar-refractivity contribution >= 4 is 11.5 Å². The summed E-state index contributed by atoms with van der Waals surface area (Å²) in [7, 11) is 0. The SMILES string of the molecule is CC(C)c1nc(-c2c(F)c(F)c(F)c(F)c2C(C)C)ns1. The number of halogens is 4. The summed E-state index contributed by atoms with van der Waals surface area (Å²) in [6.07, 6.45) is 0. The molecule has 1 aromatic heterocycles. The molecule has 0 N–H and O–H groups in total. The topological polar surface area (TPSA) is 25.8 Å². The van der Waals surface area contributed by atoms with Gasteiger partial charge in [0.25, 0.3) is 0 Å². The molecule has 114 valence electrons. The number of benzene rings is 1. The largest absolute Gasteiger partial charge is 0.219 e. The second kappa shape index (κ2) is 5.71. The second-order valence-corrected chi connectivity index (χ2v) is 6.09. The predicted molar refractivity (Wildman–Crippen MR) is 73.4 cm³/mol. The average Bonchev–Trinajstić information content (AvgIpc) is 2.89. The molecular weight excluding hydrogens is 304 g/mol. The summed E-state index contributed by atoms with van der Waals surface area (Å²) in [6, 6.07) is 0. The Balaban J connectivity index is 2.77. The minimum Gasteiger partial charge on any atom is -0.219 e. The zero-order valence-electron chi connectivity index (χ0n) is 12.0. The maximum Gasteiger partial charge on any atom is 0.198 e. The first-order chi connectivity index (χ1) is 9.75. The van der Waals surface area contributed by atoms with Crippen LogP contribution in [0.25, 0.3) is 11.4 Å². The fourth-order valence-corrected chi connectivity index (χ4v) is 2.63. The van der Waals surface area contributed by atoms with Gasteiger partial charge in [-0.05, 0) is 17.5 Å². The molecule has 0 spiro atoms. The van der Waals surface area contributed by atoms with Gasteiger partial charge in [0.15, 0.2) is 29.1 Å². The molecule has 0 aliphatic rings. The van der Waals surface area contributed by atoms with E-state index >= 15 is 0 Å². The molecule has 0 saturated carbocycles. The predicted octanol–water partition coefficient (Wildman–Crippen LogP) is 5.01. The highest BCUT2D eigenvalue weighted by molar-refractivity contribution is 7.05. The highest BCUT2D eigenvalue weighted by Gasteiger charge is 2.29. The zero-order chi connectivity index (χ0) is 15.9. The van der Waals surface area contributed by atoms with E-state index in [2.05, 4.69) is 9.36 Å². The van der Waals surface area contributed by atoms with Crippen molar-refractivity contribution < 1.29 is 17.6 Å². The van der Waals surface area contributed by atoms with Gasteiger partial charge in [-0.1, -0.05) is 27.7 Å². The van der Waals surface area contributed by atoms with Crippen molar-refractivity contribution in [2.24, 2.45) is 0 Å². The molecule has 21 heavy (non-hydrogen) atoms. The molecule has 0 aliphatic carbocycles. The first kappa shape index (κ1) is 15.9. The standard InChI is InChI=1S/C14H14F4N2S/c1-5(2)7-8(10(16)12(18)11(17)9(7)15)13-19-14(6(3)4)21-20-13/h5-6H,1-4H3. The third-order valence-electron chi connectivity index (χ3n) is 3.04. The summed E-state index contributed by atoms with van der Waals surface area (Å²) in [5, 5.41) is 0.615. The van der Waals surface area contributed by atoms with Crippen LogP contribution in [0.5, 0.6) is 0 Å². The molecule has 0 saturated heterocycles. The molecule has 1 aromatic carbocycles. The lowest BCUT2D eigenvalue weighted by molar-refractivity contribution is 0.403. The molecule has 0 atom stereocenters. The van der Waals surface area contributed by atoms with Crippen LogP contribution in [-0.4, -0.2) is 9.36 Å². The maximum atomic E-state index is 14.1. The van der Waals surface area contributed by atoms with Gasteiger partial charge in [0.2, 0.25) is 0 Å². The summed E-state index contributed by atoms with van der Waals surface area (Å²) in [5.41, 5.74) is -0.649. The highest BCUT2D eigenvalue weighted by Crippen LogP contribution is 2.36. The van der Waals surface area contributed by atoms with E-state index < -0.39 is 34.8 Å². The fraction of sp³-hybridized carbons (Fsp3) is 0.429. The minimum atomic E-state index is -1.84. The highest BCUT2D eigenvalue weighted by atomic mass is 32.1. The molecule has 0 amide bonds. The van der Waals surface area contributed by atoms with Crippen LogP contribution in [0, 0.1) is 23.3 Å². The van der Waals surface area contributed by atoms with Gasteiger partial charge >= 0.3 is 0 Å². The van der Waals surface area contributed by atoms with E-state index in [9.17, 15) is 17.6 Å². The molecule has 0 aliphatic heterocycles. The van der Waals surface area contributed by atoms with Crippen LogP contribution in [0.4, 0.5) is 17.6 Å². The lowest BCUT2D eigenvalue weighted by atomic mass is 9.95. The van der Waals surface area contributed by atoms with Gasteiger partial charge in [-0.15, -0.1) is 0 Å². The van der Waals surface area contributed by atoms with E-state index in [-0.39, 0.29) is 17.3 Å². The van der Waals surface area contributed by atoms with E-state index in [1.807, 2.05) is 13.8 Å². The Labute approximate surface area is 124 Å². The van der Waals surface area contributed by atoms with Crippen molar-refractivity contribution in [2.45, 2.75) is 39.5 Å². The van der Waals surface area contributed by atoms with E-state index in [4.69, 9.17) is 0 Å². The summed E-state index contributed by atoms with van der Waals surface area (Å²) in [5.74, 6) is -7.09. The molecule has 0 bridgehead atoms. The molecule has 0 fully saturated rings. The van der Waals surface area contributed by atoms with Crippen LogP contribution in [0.1, 0.15) is 50.1 Å². The fourth-order valence-electron chi connectivity index (χ4n) is 1.98. The van der Waals surface area contributed by atoms with Gasteiger partial charge in [0.05, 0.1) is 5.56 Å².